The lowest BCUT2D eigenvalue weighted by atomic mass is 9.92. The van der Waals surface area contributed by atoms with Crippen LogP contribution >= 0.6 is 0 Å². The van der Waals surface area contributed by atoms with Crippen LogP contribution in [0.2, 0.25) is 0 Å². The Hall–Kier alpha value is -2.61. The van der Waals surface area contributed by atoms with Crippen molar-refractivity contribution in [3.63, 3.8) is 0 Å². The molecule has 2 aromatic heterocycles. The Morgan fingerprint density at radius 2 is 2.32 bits per heavy atom. The van der Waals surface area contributed by atoms with E-state index in [0.717, 1.165) is 11.1 Å². The van der Waals surface area contributed by atoms with Gasteiger partial charge in [0.1, 0.15) is 0 Å². The highest BCUT2D eigenvalue weighted by Gasteiger charge is 2.36. The van der Waals surface area contributed by atoms with Crippen molar-refractivity contribution in [2.45, 2.75) is 12.5 Å². The molecule has 0 aliphatic carbocycles. The van der Waals surface area contributed by atoms with Crippen molar-refractivity contribution >= 4 is 6.03 Å². The van der Waals surface area contributed by atoms with Crippen LogP contribution in [-0.4, -0.2) is 57.6 Å². The molecular formula is C17H23N5O3. The van der Waals surface area contributed by atoms with Gasteiger partial charge < -0.3 is 20.1 Å². The molecule has 0 unspecified atom stereocenters. The average molecular weight is 345 g/mol. The Bertz CT molecular complexity index is 733. The molecular weight excluding hydrogens is 322 g/mol. The number of ether oxygens (including phenoxy) is 1. The first-order valence-electron chi connectivity index (χ1n) is 8.21. The quantitative estimate of drug-likeness (QED) is 0.834. The number of pyridine rings is 1. The lowest BCUT2D eigenvalue weighted by Gasteiger charge is -2.17. The number of aryl methyl sites for hydroxylation is 1. The average Bonchev–Trinajstić information content (AvgIpc) is 3.25. The highest BCUT2D eigenvalue weighted by Crippen LogP contribution is 2.32. The molecule has 2 atom stereocenters. The molecule has 3 heterocycles. The second kappa shape index (κ2) is 7.52. The molecule has 1 saturated heterocycles. The molecule has 2 N–H and O–H groups in total. The molecule has 0 bridgehead atoms. The van der Waals surface area contributed by atoms with E-state index in [9.17, 15) is 9.90 Å². The van der Waals surface area contributed by atoms with Crippen molar-refractivity contribution < 1.29 is 14.6 Å². The van der Waals surface area contributed by atoms with Crippen molar-refractivity contribution in [1.82, 2.24) is 25.0 Å². The van der Waals surface area contributed by atoms with E-state index < -0.39 is 0 Å². The number of likely N-dealkylation sites (tertiary alicyclic amines) is 1. The number of rotatable bonds is 5. The summed E-state index contributed by atoms with van der Waals surface area (Å²) in [6, 6.07) is 3.49. The molecule has 0 spiro atoms. The summed E-state index contributed by atoms with van der Waals surface area (Å²) in [7, 11) is 3.42. The first-order valence-corrected chi connectivity index (χ1v) is 8.21. The van der Waals surface area contributed by atoms with Crippen molar-refractivity contribution in [1.29, 1.82) is 0 Å². The number of aliphatic hydroxyl groups is 1. The van der Waals surface area contributed by atoms with E-state index in [1.165, 1.54) is 0 Å². The van der Waals surface area contributed by atoms with Gasteiger partial charge >= 0.3 is 6.03 Å². The van der Waals surface area contributed by atoms with Crippen molar-refractivity contribution in [2.24, 2.45) is 13.0 Å². The van der Waals surface area contributed by atoms with Gasteiger partial charge in [0.2, 0.25) is 5.88 Å². The second-order valence-corrected chi connectivity index (χ2v) is 6.27. The third-order valence-corrected chi connectivity index (χ3v) is 4.57. The number of aliphatic hydroxyl groups excluding tert-OH is 1. The minimum absolute atomic E-state index is 0.0240. The van der Waals surface area contributed by atoms with E-state index in [-0.39, 0.29) is 24.5 Å². The first-order chi connectivity index (χ1) is 12.1. The fraction of sp³-hybridized carbons (Fsp3) is 0.471. The van der Waals surface area contributed by atoms with Crippen LogP contribution in [0.25, 0.3) is 0 Å². The maximum absolute atomic E-state index is 12.5. The van der Waals surface area contributed by atoms with E-state index in [1.54, 1.807) is 35.2 Å². The van der Waals surface area contributed by atoms with Crippen LogP contribution in [0.1, 0.15) is 17.0 Å². The molecule has 1 aliphatic heterocycles. The van der Waals surface area contributed by atoms with Gasteiger partial charge in [-0.1, -0.05) is 0 Å². The van der Waals surface area contributed by atoms with Crippen LogP contribution in [0.4, 0.5) is 4.79 Å². The molecule has 0 aromatic carbocycles. The summed E-state index contributed by atoms with van der Waals surface area (Å²) in [5.41, 5.74) is 1.97. The van der Waals surface area contributed by atoms with E-state index in [1.807, 2.05) is 19.3 Å². The lowest BCUT2D eigenvalue weighted by molar-refractivity contribution is 0.197. The second-order valence-electron chi connectivity index (χ2n) is 6.27. The van der Waals surface area contributed by atoms with E-state index in [0.29, 0.717) is 25.5 Å². The van der Waals surface area contributed by atoms with E-state index in [4.69, 9.17) is 4.74 Å². The number of hydrogen-bond donors (Lipinski definition) is 2. The number of methoxy groups -OCH3 is 1. The predicted molar refractivity (Wildman–Crippen MR) is 91.1 cm³/mol. The molecule has 0 saturated carbocycles. The smallest absolute Gasteiger partial charge is 0.317 e. The first kappa shape index (κ1) is 17.2. The topological polar surface area (TPSA) is 92.5 Å². The summed E-state index contributed by atoms with van der Waals surface area (Å²) in [4.78, 5) is 18.3. The lowest BCUT2D eigenvalue weighted by Crippen LogP contribution is -2.38. The molecule has 8 heteroatoms. The molecule has 3 rings (SSSR count). The van der Waals surface area contributed by atoms with Crippen LogP contribution in [0.3, 0.4) is 0 Å². The third kappa shape index (κ3) is 3.90. The zero-order valence-corrected chi connectivity index (χ0v) is 14.4. The number of amides is 2. The fourth-order valence-corrected chi connectivity index (χ4v) is 3.19. The summed E-state index contributed by atoms with van der Waals surface area (Å²) in [5, 5.41) is 16.8. The number of aromatic nitrogens is 3. The summed E-state index contributed by atoms with van der Waals surface area (Å²) in [5.74, 6) is 0.645. The zero-order chi connectivity index (χ0) is 17.8. The highest BCUT2D eigenvalue weighted by molar-refractivity contribution is 5.74. The standard InChI is InChI=1S/C17H23N5O3/c1-21-8-13(7-20-21)15-10-22(9-14(15)11-23)17(24)19-6-12-3-4-18-16(5-12)25-2/h3-5,7-8,14-15,23H,6,9-11H2,1-2H3,(H,19,24)/t14-,15-/m0/s1. The molecule has 2 amide bonds. The van der Waals surface area contributed by atoms with E-state index >= 15 is 0 Å². The van der Waals surface area contributed by atoms with Crippen molar-refractivity contribution in [3.05, 3.63) is 41.9 Å². The largest absolute Gasteiger partial charge is 0.481 e. The van der Waals surface area contributed by atoms with Crippen LogP contribution in [0.5, 0.6) is 5.88 Å². The Kier molecular flexibility index (Phi) is 5.18. The fourth-order valence-electron chi connectivity index (χ4n) is 3.19. The van der Waals surface area contributed by atoms with Gasteiger partial charge in [-0.2, -0.15) is 5.10 Å². The maximum atomic E-state index is 12.5. The monoisotopic (exact) mass is 345 g/mol. The Morgan fingerprint density at radius 3 is 3.00 bits per heavy atom. The number of urea groups is 1. The predicted octanol–water partition coefficient (Wildman–Crippen LogP) is 0.741. The SMILES string of the molecule is COc1cc(CNC(=O)N2C[C@@H](CO)[C@H](c3cnn(C)c3)C2)ccn1. The Labute approximate surface area is 146 Å². The third-order valence-electron chi connectivity index (χ3n) is 4.57. The number of hydrogen-bond acceptors (Lipinski definition) is 5. The molecule has 2 aromatic rings. The van der Waals surface area contributed by atoms with Gasteiger partial charge in [0.15, 0.2) is 0 Å². The molecule has 8 nitrogen and oxygen atoms in total. The van der Waals surface area contributed by atoms with Gasteiger partial charge in [-0.3, -0.25) is 4.68 Å². The number of carbonyl (C=O) groups is 1. The molecule has 0 radical (unpaired) electrons. The minimum Gasteiger partial charge on any atom is -0.481 e. The Balaban J connectivity index is 1.60. The highest BCUT2D eigenvalue weighted by atomic mass is 16.5. The molecule has 1 aliphatic rings. The van der Waals surface area contributed by atoms with Crippen LogP contribution in [-0.2, 0) is 13.6 Å². The Morgan fingerprint density at radius 1 is 1.48 bits per heavy atom. The summed E-state index contributed by atoms with van der Waals surface area (Å²) in [6.45, 7) is 1.55. The minimum atomic E-state index is -0.138. The van der Waals surface area contributed by atoms with Gasteiger partial charge in [0, 0.05) is 63.6 Å². The molecule has 134 valence electrons. The van der Waals surface area contributed by atoms with Crippen LogP contribution in [0.15, 0.2) is 30.7 Å². The van der Waals surface area contributed by atoms with Crippen LogP contribution < -0.4 is 10.1 Å². The maximum Gasteiger partial charge on any atom is 0.317 e. The zero-order valence-electron chi connectivity index (χ0n) is 14.4. The van der Waals surface area contributed by atoms with Crippen molar-refractivity contribution in [2.75, 3.05) is 26.8 Å². The van der Waals surface area contributed by atoms with Gasteiger partial charge in [-0.05, 0) is 17.2 Å². The summed E-state index contributed by atoms with van der Waals surface area (Å²) in [6.07, 6.45) is 5.40. The van der Waals surface area contributed by atoms with Gasteiger partial charge in [-0.25, -0.2) is 9.78 Å². The summed E-state index contributed by atoms with van der Waals surface area (Å²) < 4.78 is 6.82. The normalized spacial score (nSPS) is 19.9. The molecule has 25 heavy (non-hydrogen) atoms. The number of nitrogens with one attached hydrogen (secondary N) is 1. The number of carbonyl (C=O) groups excluding carboxylic acids is 1. The summed E-state index contributed by atoms with van der Waals surface area (Å²) >= 11 is 0. The van der Waals surface area contributed by atoms with Gasteiger partial charge in [-0.15, -0.1) is 0 Å². The van der Waals surface area contributed by atoms with Crippen molar-refractivity contribution in [3.8, 4) is 5.88 Å². The van der Waals surface area contributed by atoms with E-state index in [2.05, 4.69) is 15.4 Å². The number of nitrogens with zero attached hydrogens (tertiary/aromatic N) is 4. The van der Waals surface area contributed by atoms with Gasteiger partial charge in [0.25, 0.3) is 0 Å². The van der Waals surface area contributed by atoms with Crippen LogP contribution in [0, 0.1) is 5.92 Å². The molecule has 1 fully saturated rings. The van der Waals surface area contributed by atoms with Gasteiger partial charge in [0.05, 0.1) is 13.3 Å².